The Kier molecular flexibility index (Phi) is 4.21. The Morgan fingerprint density at radius 3 is 2.46 bits per heavy atom. The third-order valence-electron chi connectivity index (χ3n) is 4.29. The number of anilines is 1. The number of fused-ring (bicyclic) bond motifs is 1. The molecule has 24 heavy (non-hydrogen) atoms. The Morgan fingerprint density at radius 2 is 1.79 bits per heavy atom. The minimum atomic E-state index is -0.347. The lowest BCUT2D eigenvalue weighted by atomic mass is 10.0. The highest BCUT2D eigenvalue weighted by molar-refractivity contribution is 5.94. The van der Waals surface area contributed by atoms with Crippen LogP contribution in [0.2, 0.25) is 0 Å². The van der Waals surface area contributed by atoms with Crippen LogP contribution in [0.1, 0.15) is 34.0 Å². The van der Waals surface area contributed by atoms with Gasteiger partial charge in [0.05, 0.1) is 0 Å². The number of rotatable bonds is 4. The van der Waals surface area contributed by atoms with Gasteiger partial charge in [0, 0.05) is 29.2 Å². The quantitative estimate of drug-likeness (QED) is 0.577. The number of hydrogen-bond donors (Lipinski definition) is 1. The van der Waals surface area contributed by atoms with E-state index >= 15 is 0 Å². The number of hydrogen-bond acceptors (Lipinski definition) is 4. The molecule has 0 bridgehead atoms. The van der Waals surface area contributed by atoms with Gasteiger partial charge < -0.3 is 9.73 Å². The Balaban J connectivity index is 1.91. The van der Waals surface area contributed by atoms with Gasteiger partial charge in [0.25, 0.3) is 0 Å². The molecule has 0 fully saturated rings. The first-order valence-corrected chi connectivity index (χ1v) is 7.83. The lowest BCUT2D eigenvalue weighted by Gasteiger charge is -2.11. The molecule has 0 spiro atoms. The van der Waals surface area contributed by atoms with E-state index in [2.05, 4.69) is 5.32 Å². The molecule has 3 aromatic rings. The summed E-state index contributed by atoms with van der Waals surface area (Å²) in [6.45, 7) is 6.00. The van der Waals surface area contributed by atoms with Gasteiger partial charge in [-0.1, -0.05) is 12.1 Å². The molecule has 0 unspecified atom stereocenters. The molecule has 0 radical (unpaired) electrons. The van der Waals surface area contributed by atoms with Crippen LogP contribution >= 0.6 is 0 Å². The Morgan fingerprint density at radius 1 is 1.08 bits per heavy atom. The Hall–Kier alpha value is -2.88. The van der Waals surface area contributed by atoms with E-state index in [0.29, 0.717) is 17.7 Å². The molecular formula is C20H19NO3. The van der Waals surface area contributed by atoms with Crippen LogP contribution in [0, 0.1) is 13.8 Å². The van der Waals surface area contributed by atoms with E-state index in [9.17, 15) is 9.59 Å². The van der Waals surface area contributed by atoms with Crippen LogP contribution in [0.4, 0.5) is 5.69 Å². The van der Waals surface area contributed by atoms with Gasteiger partial charge in [0.1, 0.15) is 5.58 Å². The maximum absolute atomic E-state index is 11.9. The second kappa shape index (κ2) is 6.32. The number of benzene rings is 2. The summed E-state index contributed by atoms with van der Waals surface area (Å²) in [7, 11) is 0. The Labute approximate surface area is 140 Å². The van der Waals surface area contributed by atoms with Crippen molar-refractivity contribution in [3.8, 4) is 0 Å². The van der Waals surface area contributed by atoms with Gasteiger partial charge in [-0.25, -0.2) is 4.79 Å². The highest BCUT2D eigenvalue weighted by Gasteiger charge is 2.09. The normalized spacial score (nSPS) is 10.8. The van der Waals surface area contributed by atoms with Gasteiger partial charge in [-0.05, 0) is 61.7 Å². The van der Waals surface area contributed by atoms with Gasteiger partial charge in [-0.3, -0.25) is 4.79 Å². The molecular weight excluding hydrogens is 302 g/mol. The van der Waals surface area contributed by atoms with E-state index in [1.807, 2.05) is 38.1 Å². The van der Waals surface area contributed by atoms with Crippen molar-refractivity contribution in [1.82, 2.24) is 0 Å². The fraction of sp³-hybridized carbons (Fsp3) is 0.200. The zero-order valence-corrected chi connectivity index (χ0v) is 14.0. The van der Waals surface area contributed by atoms with Crippen LogP contribution in [0.15, 0.2) is 51.7 Å². The van der Waals surface area contributed by atoms with E-state index in [-0.39, 0.29) is 11.4 Å². The van der Waals surface area contributed by atoms with Crippen LogP contribution in [0.3, 0.4) is 0 Å². The molecule has 0 saturated heterocycles. The summed E-state index contributed by atoms with van der Waals surface area (Å²) < 4.78 is 5.39. The topological polar surface area (TPSA) is 59.3 Å². The maximum atomic E-state index is 11.9. The van der Waals surface area contributed by atoms with E-state index in [1.165, 1.54) is 6.07 Å². The third kappa shape index (κ3) is 3.08. The molecule has 1 aromatic heterocycles. The number of ketones is 1. The van der Waals surface area contributed by atoms with Crippen LogP contribution in [-0.2, 0) is 6.54 Å². The van der Waals surface area contributed by atoms with Crippen molar-refractivity contribution in [3.63, 3.8) is 0 Å². The first-order valence-electron chi connectivity index (χ1n) is 7.83. The summed E-state index contributed by atoms with van der Waals surface area (Å²) >= 11 is 0. The van der Waals surface area contributed by atoms with Crippen molar-refractivity contribution < 1.29 is 9.21 Å². The van der Waals surface area contributed by atoms with Crippen LogP contribution in [-0.4, -0.2) is 5.78 Å². The first kappa shape index (κ1) is 16.0. The average Bonchev–Trinajstić information content (AvgIpc) is 2.56. The van der Waals surface area contributed by atoms with Crippen molar-refractivity contribution in [3.05, 3.63) is 75.1 Å². The van der Waals surface area contributed by atoms with Crippen LogP contribution in [0.5, 0.6) is 0 Å². The largest absolute Gasteiger partial charge is 0.422 e. The number of aryl methyl sites for hydroxylation is 2. The van der Waals surface area contributed by atoms with Crippen molar-refractivity contribution in [2.24, 2.45) is 0 Å². The molecule has 122 valence electrons. The molecule has 0 saturated carbocycles. The SMILES string of the molecule is CC(=O)c1ccc(NCc2cc(=O)oc3c(C)c(C)ccc23)cc1. The zero-order valence-electron chi connectivity index (χ0n) is 14.0. The number of Topliss-reactive ketones (excluding diaryl/α,β-unsaturated/α-hetero) is 1. The fourth-order valence-electron chi connectivity index (χ4n) is 2.69. The average molecular weight is 321 g/mol. The molecule has 1 N–H and O–H groups in total. The predicted octanol–water partition coefficient (Wildman–Crippen LogP) is 4.22. The van der Waals surface area contributed by atoms with Crippen molar-refractivity contribution >= 4 is 22.4 Å². The monoisotopic (exact) mass is 321 g/mol. The molecule has 0 aliphatic rings. The second-order valence-corrected chi connectivity index (χ2v) is 5.96. The molecule has 3 rings (SSSR count). The van der Waals surface area contributed by atoms with Crippen molar-refractivity contribution in [2.75, 3.05) is 5.32 Å². The second-order valence-electron chi connectivity index (χ2n) is 5.96. The Bertz CT molecular complexity index is 969. The fourth-order valence-corrected chi connectivity index (χ4v) is 2.69. The lowest BCUT2D eigenvalue weighted by molar-refractivity contribution is 0.101. The summed E-state index contributed by atoms with van der Waals surface area (Å²) in [6, 6.07) is 12.8. The number of nitrogens with one attached hydrogen (secondary N) is 1. The van der Waals surface area contributed by atoms with Crippen LogP contribution < -0.4 is 10.9 Å². The molecule has 1 heterocycles. The van der Waals surface area contributed by atoms with E-state index in [4.69, 9.17) is 4.42 Å². The molecule has 4 nitrogen and oxygen atoms in total. The number of carbonyl (C=O) groups excluding carboxylic acids is 1. The first-order chi connectivity index (χ1) is 11.5. The minimum absolute atomic E-state index is 0.0408. The van der Waals surface area contributed by atoms with E-state index < -0.39 is 0 Å². The zero-order chi connectivity index (χ0) is 17.3. The van der Waals surface area contributed by atoms with E-state index in [0.717, 1.165) is 27.8 Å². The predicted molar refractivity (Wildman–Crippen MR) is 95.7 cm³/mol. The van der Waals surface area contributed by atoms with Gasteiger partial charge in [0.2, 0.25) is 0 Å². The van der Waals surface area contributed by atoms with E-state index in [1.54, 1.807) is 19.1 Å². The molecule has 0 aliphatic carbocycles. The lowest BCUT2D eigenvalue weighted by Crippen LogP contribution is -2.06. The highest BCUT2D eigenvalue weighted by Crippen LogP contribution is 2.24. The van der Waals surface area contributed by atoms with Gasteiger partial charge in [-0.2, -0.15) is 0 Å². The highest BCUT2D eigenvalue weighted by atomic mass is 16.4. The summed E-state index contributed by atoms with van der Waals surface area (Å²) in [5.41, 5.74) is 4.83. The van der Waals surface area contributed by atoms with Crippen molar-refractivity contribution in [1.29, 1.82) is 0 Å². The summed E-state index contributed by atoms with van der Waals surface area (Å²) in [5.74, 6) is 0.0408. The number of carbonyl (C=O) groups is 1. The molecule has 4 heteroatoms. The minimum Gasteiger partial charge on any atom is -0.422 e. The van der Waals surface area contributed by atoms with Gasteiger partial charge in [0.15, 0.2) is 5.78 Å². The molecule has 0 atom stereocenters. The summed E-state index contributed by atoms with van der Waals surface area (Å²) in [6.07, 6.45) is 0. The maximum Gasteiger partial charge on any atom is 0.336 e. The summed E-state index contributed by atoms with van der Waals surface area (Å²) in [4.78, 5) is 23.2. The molecule has 0 aliphatic heterocycles. The molecule has 0 amide bonds. The smallest absolute Gasteiger partial charge is 0.336 e. The summed E-state index contributed by atoms with van der Waals surface area (Å²) in [5, 5.41) is 4.22. The van der Waals surface area contributed by atoms with Gasteiger partial charge in [-0.15, -0.1) is 0 Å². The molecule has 2 aromatic carbocycles. The van der Waals surface area contributed by atoms with Gasteiger partial charge >= 0.3 is 5.63 Å². The van der Waals surface area contributed by atoms with Crippen LogP contribution in [0.25, 0.3) is 11.0 Å². The third-order valence-corrected chi connectivity index (χ3v) is 4.29. The standard InChI is InChI=1S/C20H19NO3/c1-12-4-9-18-16(10-19(23)24-20(18)13(12)2)11-21-17-7-5-15(6-8-17)14(3)22/h4-10,21H,11H2,1-3H3. The van der Waals surface area contributed by atoms with Crippen molar-refractivity contribution in [2.45, 2.75) is 27.3 Å².